The smallest absolute Gasteiger partial charge is 0.0994 e. The van der Waals surface area contributed by atoms with Crippen LogP contribution in [0.25, 0.3) is 5.69 Å². The normalized spacial score (nSPS) is 11.1. The van der Waals surface area contributed by atoms with E-state index >= 15 is 0 Å². The summed E-state index contributed by atoms with van der Waals surface area (Å²) in [6.45, 7) is 6.38. The van der Waals surface area contributed by atoms with E-state index in [4.69, 9.17) is 11.6 Å². The second-order valence-corrected chi connectivity index (χ2v) is 4.70. The standard InChI is InChI=1S/C13H15ClN2/c1-9(2)12-6-11(14)4-5-13(12)16-8-15-7-10(16)3/h4-9H,1-3H3. The lowest BCUT2D eigenvalue weighted by atomic mass is 10.0. The molecule has 1 heterocycles. The number of hydrogen-bond acceptors (Lipinski definition) is 1. The SMILES string of the molecule is Cc1cncn1-c1ccc(Cl)cc1C(C)C. The Morgan fingerprint density at radius 2 is 2.06 bits per heavy atom. The highest BCUT2D eigenvalue weighted by Gasteiger charge is 2.10. The van der Waals surface area contributed by atoms with Crippen LogP contribution in [0, 0.1) is 6.92 Å². The van der Waals surface area contributed by atoms with Gasteiger partial charge in [0.15, 0.2) is 0 Å². The lowest BCUT2D eigenvalue weighted by Crippen LogP contribution is -2.01. The number of nitrogens with zero attached hydrogens (tertiary/aromatic N) is 2. The molecular formula is C13H15ClN2. The number of aromatic nitrogens is 2. The van der Waals surface area contributed by atoms with Gasteiger partial charge in [-0.25, -0.2) is 4.98 Å². The van der Waals surface area contributed by atoms with Gasteiger partial charge in [-0.1, -0.05) is 25.4 Å². The van der Waals surface area contributed by atoms with Crippen molar-refractivity contribution in [2.24, 2.45) is 0 Å². The molecule has 2 aromatic rings. The Balaban J connectivity index is 2.61. The van der Waals surface area contributed by atoms with Gasteiger partial charge in [0.05, 0.1) is 12.0 Å². The van der Waals surface area contributed by atoms with Crippen LogP contribution in [-0.2, 0) is 0 Å². The van der Waals surface area contributed by atoms with Crippen LogP contribution >= 0.6 is 11.6 Å². The van der Waals surface area contributed by atoms with Crippen LogP contribution in [0.15, 0.2) is 30.7 Å². The first kappa shape index (κ1) is 11.2. The first-order valence-electron chi connectivity index (χ1n) is 5.38. The van der Waals surface area contributed by atoms with Gasteiger partial charge in [-0.15, -0.1) is 0 Å². The van der Waals surface area contributed by atoms with Crippen LogP contribution in [-0.4, -0.2) is 9.55 Å². The predicted octanol–water partition coefficient (Wildman–Crippen LogP) is 3.96. The minimum absolute atomic E-state index is 0.440. The number of hydrogen-bond donors (Lipinski definition) is 0. The van der Waals surface area contributed by atoms with Gasteiger partial charge in [0.1, 0.15) is 0 Å². The van der Waals surface area contributed by atoms with Crippen molar-refractivity contribution in [1.82, 2.24) is 9.55 Å². The number of rotatable bonds is 2. The van der Waals surface area contributed by atoms with Crippen LogP contribution < -0.4 is 0 Å². The third-order valence-electron chi connectivity index (χ3n) is 2.69. The van der Waals surface area contributed by atoms with E-state index in [0.29, 0.717) is 5.92 Å². The molecule has 0 bridgehead atoms. The molecule has 3 heteroatoms. The molecule has 0 N–H and O–H groups in total. The summed E-state index contributed by atoms with van der Waals surface area (Å²) in [6, 6.07) is 6.00. The van der Waals surface area contributed by atoms with Gasteiger partial charge < -0.3 is 4.57 Å². The maximum absolute atomic E-state index is 6.04. The number of imidazole rings is 1. The second-order valence-electron chi connectivity index (χ2n) is 4.26. The molecule has 1 aromatic heterocycles. The summed E-state index contributed by atoms with van der Waals surface area (Å²) >= 11 is 6.04. The highest BCUT2D eigenvalue weighted by Crippen LogP contribution is 2.27. The molecule has 0 saturated carbocycles. The van der Waals surface area contributed by atoms with E-state index in [0.717, 1.165) is 16.4 Å². The zero-order valence-corrected chi connectivity index (χ0v) is 10.5. The molecule has 0 aliphatic rings. The molecule has 84 valence electrons. The van der Waals surface area contributed by atoms with Crippen molar-refractivity contribution < 1.29 is 0 Å². The molecule has 2 rings (SSSR count). The van der Waals surface area contributed by atoms with Crippen LogP contribution in [0.1, 0.15) is 31.0 Å². The average molecular weight is 235 g/mol. The number of aryl methyl sites for hydroxylation is 1. The van der Waals surface area contributed by atoms with Crippen LogP contribution in [0.3, 0.4) is 0 Å². The van der Waals surface area contributed by atoms with E-state index in [1.54, 1.807) is 0 Å². The Morgan fingerprint density at radius 3 is 2.62 bits per heavy atom. The van der Waals surface area contributed by atoms with Crippen molar-refractivity contribution in [3.8, 4) is 5.69 Å². The topological polar surface area (TPSA) is 17.8 Å². The average Bonchev–Trinajstić information content (AvgIpc) is 2.64. The fraction of sp³-hybridized carbons (Fsp3) is 0.308. The highest BCUT2D eigenvalue weighted by molar-refractivity contribution is 6.30. The molecule has 0 aliphatic heterocycles. The lowest BCUT2D eigenvalue weighted by Gasteiger charge is -2.15. The highest BCUT2D eigenvalue weighted by atomic mass is 35.5. The molecule has 0 saturated heterocycles. The van der Waals surface area contributed by atoms with Crippen molar-refractivity contribution in [3.05, 3.63) is 47.0 Å². The van der Waals surface area contributed by atoms with Crippen molar-refractivity contribution >= 4 is 11.6 Å². The summed E-state index contributed by atoms with van der Waals surface area (Å²) in [5.74, 6) is 0.440. The summed E-state index contributed by atoms with van der Waals surface area (Å²) < 4.78 is 2.09. The Labute approximate surface area is 101 Å². The Bertz CT molecular complexity index is 500. The minimum Gasteiger partial charge on any atom is -0.303 e. The first-order valence-corrected chi connectivity index (χ1v) is 5.76. The number of benzene rings is 1. The van der Waals surface area contributed by atoms with E-state index in [2.05, 4.69) is 23.4 Å². The molecule has 0 radical (unpaired) electrons. The van der Waals surface area contributed by atoms with E-state index in [9.17, 15) is 0 Å². The molecule has 0 unspecified atom stereocenters. The maximum Gasteiger partial charge on any atom is 0.0994 e. The molecule has 0 amide bonds. The monoisotopic (exact) mass is 234 g/mol. The van der Waals surface area contributed by atoms with E-state index < -0.39 is 0 Å². The van der Waals surface area contributed by atoms with Gasteiger partial charge in [0.2, 0.25) is 0 Å². The molecule has 2 nitrogen and oxygen atoms in total. The number of halogens is 1. The summed E-state index contributed by atoms with van der Waals surface area (Å²) in [5, 5.41) is 0.783. The molecule has 0 spiro atoms. The zero-order chi connectivity index (χ0) is 11.7. The largest absolute Gasteiger partial charge is 0.303 e. The van der Waals surface area contributed by atoms with Gasteiger partial charge in [0, 0.05) is 16.9 Å². The van der Waals surface area contributed by atoms with E-state index in [1.165, 1.54) is 5.56 Å². The fourth-order valence-corrected chi connectivity index (χ4v) is 2.00. The third kappa shape index (κ3) is 1.98. The minimum atomic E-state index is 0.440. The second kappa shape index (κ2) is 4.30. The van der Waals surface area contributed by atoms with Crippen molar-refractivity contribution in [2.75, 3.05) is 0 Å². The van der Waals surface area contributed by atoms with Gasteiger partial charge in [-0.3, -0.25) is 0 Å². The van der Waals surface area contributed by atoms with Gasteiger partial charge >= 0.3 is 0 Å². The Kier molecular flexibility index (Phi) is 3.01. The van der Waals surface area contributed by atoms with Crippen molar-refractivity contribution in [2.45, 2.75) is 26.7 Å². The van der Waals surface area contributed by atoms with Crippen LogP contribution in [0.5, 0.6) is 0 Å². The third-order valence-corrected chi connectivity index (χ3v) is 2.93. The van der Waals surface area contributed by atoms with Crippen LogP contribution in [0.2, 0.25) is 5.02 Å². The summed E-state index contributed by atoms with van der Waals surface area (Å²) in [4.78, 5) is 4.15. The maximum atomic E-state index is 6.04. The summed E-state index contributed by atoms with van der Waals surface area (Å²) in [7, 11) is 0. The van der Waals surface area contributed by atoms with Gasteiger partial charge in [0.25, 0.3) is 0 Å². The Hall–Kier alpha value is -1.28. The fourth-order valence-electron chi connectivity index (χ4n) is 1.82. The molecule has 0 aliphatic carbocycles. The van der Waals surface area contributed by atoms with Gasteiger partial charge in [-0.05, 0) is 36.6 Å². The first-order chi connectivity index (χ1) is 7.59. The summed E-state index contributed by atoms with van der Waals surface area (Å²) in [6.07, 6.45) is 3.70. The Morgan fingerprint density at radius 1 is 1.31 bits per heavy atom. The van der Waals surface area contributed by atoms with Gasteiger partial charge in [-0.2, -0.15) is 0 Å². The van der Waals surface area contributed by atoms with E-state index in [-0.39, 0.29) is 0 Å². The lowest BCUT2D eigenvalue weighted by molar-refractivity contribution is 0.841. The molecule has 16 heavy (non-hydrogen) atoms. The zero-order valence-electron chi connectivity index (χ0n) is 9.74. The quantitative estimate of drug-likeness (QED) is 0.769. The summed E-state index contributed by atoms with van der Waals surface area (Å²) in [5.41, 5.74) is 3.53. The predicted molar refractivity (Wildman–Crippen MR) is 67.4 cm³/mol. The van der Waals surface area contributed by atoms with Crippen LogP contribution in [0.4, 0.5) is 0 Å². The van der Waals surface area contributed by atoms with Crippen molar-refractivity contribution in [3.63, 3.8) is 0 Å². The molecular weight excluding hydrogens is 220 g/mol. The molecule has 0 atom stereocenters. The molecule has 0 fully saturated rings. The van der Waals surface area contributed by atoms with E-state index in [1.807, 2.05) is 37.6 Å². The van der Waals surface area contributed by atoms with Crippen molar-refractivity contribution in [1.29, 1.82) is 0 Å². The molecule has 1 aromatic carbocycles.